The fourth-order valence-corrected chi connectivity index (χ4v) is 5.73. The molecule has 3 aromatic rings. The van der Waals surface area contributed by atoms with Crippen molar-refractivity contribution in [2.45, 2.75) is 32.2 Å². The van der Waals surface area contributed by atoms with Crippen LogP contribution in [0.2, 0.25) is 0 Å². The van der Waals surface area contributed by atoms with Gasteiger partial charge >= 0.3 is 5.97 Å². The van der Waals surface area contributed by atoms with Crippen LogP contribution in [0.4, 0.5) is 0 Å². The first-order chi connectivity index (χ1) is 16.5. The summed E-state index contributed by atoms with van der Waals surface area (Å²) in [5, 5.41) is 23.1. The van der Waals surface area contributed by atoms with Gasteiger partial charge in [0.05, 0.1) is 34.9 Å². The minimum atomic E-state index is -0.398. The molecule has 2 aromatic heterocycles. The number of carbonyl (C=O) groups excluding carboxylic acids is 2. The molecular formula is C24H26N6O4. The highest BCUT2D eigenvalue weighted by atomic mass is 16.5. The maximum atomic E-state index is 13.4. The summed E-state index contributed by atoms with van der Waals surface area (Å²) in [6, 6.07) is 9.80. The van der Waals surface area contributed by atoms with Crippen molar-refractivity contribution in [3.63, 3.8) is 0 Å². The smallest absolute Gasteiger partial charge is 0.336 e. The molecule has 1 atom stereocenters. The number of piperidine rings is 1. The van der Waals surface area contributed by atoms with Gasteiger partial charge in [-0.05, 0) is 79.5 Å². The van der Waals surface area contributed by atoms with Crippen molar-refractivity contribution >= 4 is 28.4 Å². The van der Waals surface area contributed by atoms with Gasteiger partial charge in [0.15, 0.2) is 5.65 Å². The van der Waals surface area contributed by atoms with Crippen molar-refractivity contribution in [2.75, 3.05) is 32.8 Å². The van der Waals surface area contributed by atoms with E-state index in [1.165, 1.54) is 0 Å². The molecule has 1 spiro atoms. The Kier molecular flexibility index (Phi) is 4.89. The summed E-state index contributed by atoms with van der Waals surface area (Å²) in [6.07, 6.45) is 2.25. The summed E-state index contributed by atoms with van der Waals surface area (Å²) >= 11 is 0. The van der Waals surface area contributed by atoms with Crippen LogP contribution in [0.1, 0.15) is 37.8 Å². The summed E-state index contributed by atoms with van der Waals surface area (Å²) in [5.74, 6) is -0.225. The van der Waals surface area contributed by atoms with Gasteiger partial charge in [0, 0.05) is 11.9 Å². The van der Waals surface area contributed by atoms with E-state index in [2.05, 4.69) is 26.5 Å². The van der Waals surface area contributed by atoms with Gasteiger partial charge in [0.2, 0.25) is 5.91 Å². The topological polar surface area (TPSA) is 113 Å². The van der Waals surface area contributed by atoms with E-state index in [0.717, 1.165) is 54.5 Å². The first-order valence-electron chi connectivity index (χ1n) is 11.7. The maximum Gasteiger partial charge on any atom is 0.336 e. The third-order valence-electron chi connectivity index (χ3n) is 7.86. The van der Waals surface area contributed by atoms with Crippen molar-refractivity contribution in [2.24, 2.45) is 5.41 Å². The Morgan fingerprint density at radius 1 is 1.12 bits per heavy atom. The molecule has 2 saturated heterocycles. The number of likely N-dealkylation sites (tertiary alicyclic amines) is 2. The van der Waals surface area contributed by atoms with Gasteiger partial charge in [-0.25, -0.2) is 4.79 Å². The van der Waals surface area contributed by atoms with E-state index >= 15 is 0 Å². The second-order valence-electron chi connectivity index (χ2n) is 9.47. The number of hydrogen-bond acceptors (Lipinski definition) is 8. The van der Waals surface area contributed by atoms with Crippen molar-refractivity contribution in [1.82, 2.24) is 29.8 Å². The number of pyridine rings is 1. The summed E-state index contributed by atoms with van der Waals surface area (Å²) in [5.41, 5.74) is 3.49. The van der Waals surface area contributed by atoms with Gasteiger partial charge in [-0.2, -0.15) is 4.52 Å². The number of carbonyl (C=O) groups is 2. The average Bonchev–Trinajstić information content (AvgIpc) is 3.55. The minimum absolute atomic E-state index is 0.00274. The van der Waals surface area contributed by atoms with Crippen LogP contribution in [0.25, 0.3) is 16.6 Å². The number of fused-ring (bicyclic) bond motifs is 3. The van der Waals surface area contributed by atoms with Crippen LogP contribution in [-0.2, 0) is 14.3 Å². The third-order valence-corrected chi connectivity index (χ3v) is 7.86. The van der Waals surface area contributed by atoms with E-state index < -0.39 is 5.41 Å². The van der Waals surface area contributed by atoms with Crippen molar-refractivity contribution < 1.29 is 19.4 Å². The largest absolute Gasteiger partial charge is 0.456 e. The Balaban J connectivity index is 1.20. The number of amides is 1. The molecule has 0 radical (unpaired) electrons. The quantitative estimate of drug-likeness (QED) is 0.580. The van der Waals surface area contributed by atoms with Gasteiger partial charge in [0.25, 0.3) is 0 Å². The second-order valence-corrected chi connectivity index (χ2v) is 9.47. The number of aromatic nitrogens is 4. The number of rotatable bonds is 4. The van der Waals surface area contributed by atoms with E-state index in [4.69, 9.17) is 4.74 Å². The lowest BCUT2D eigenvalue weighted by Crippen LogP contribution is -2.46. The Bertz CT molecular complexity index is 1340. The zero-order chi connectivity index (χ0) is 23.4. The lowest BCUT2D eigenvalue weighted by molar-refractivity contribution is -0.139. The molecule has 1 amide bonds. The van der Waals surface area contributed by atoms with Crippen molar-refractivity contribution in [1.29, 1.82) is 0 Å². The monoisotopic (exact) mass is 462 g/mol. The van der Waals surface area contributed by atoms with Gasteiger partial charge in [-0.3, -0.25) is 9.69 Å². The second kappa shape index (κ2) is 7.85. The third kappa shape index (κ3) is 3.13. The Morgan fingerprint density at radius 2 is 1.91 bits per heavy atom. The van der Waals surface area contributed by atoms with Crippen LogP contribution in [0, 0.1) is 5.41 Å². The predicted octanol–water partition coefficient (Wildman–Crippen LogP) is 1.46. The normalized spacial score (nSPS) is 21.9. The van der Waals surface area contributed by atoms with Crippen LogP contribution >= 0.6 is 0 Å². The molecule has 34 heavy (non-hydrogen) atoms. The molecule has 10 nitrogen and oxygen atoms in total. The van der Waals surface area contributed by atoms with Crippen molar-refractivity contribution in [3.8, 4) is 0 Å². The maximum absolute atomic E-state index is 13.4. The first kappa shape index (κ1) is 21.2. The number of tetrazole rings is 1. The first-order valence-corrected chi connectivity index (χ1v) is 11.7. The van der Waals surface area contributed by atoms with Crippen LogP contribution < -0.4 is 0 Å². The molecular weight excluding hydrogens is 436 g/mol. The van der Waals surface area contributed by atoms with E-state index in [1.807, 2.05) is 24.3 Å². The Hall–Kier alpha value is -3.37. The van der Waals surface area contributed by atoms with Crippen molar-refractivity contribution in [3.05, 3.63) is 47.2 Å². The Morgan fingerprint density at radius 3 is 2.65 bits per heavy atom. The number of nitrogens with zero attached hydrogens (tertiary/aromatic N) is 6. The molecule has 176 valence electrons. The highest BCUT2D eigenvalue weighted by Crippen LogP contribution is 2.45. The minimum Gasteiger partial charge on any atom is -0.456 e. The molecule has 0 saturated carbocycles. The van der Waals surface area contributed by atoms with Gasteiger partial charge in [-0.1, -0.05) is 6.07 Å². The highest BCUT2D eigenvalue weighted by Gasteiger charge is 2.50. The average molecular weight is 463 g/mol. The number of esters is 1. The molecule has 5 heterocycles. The molecule has 6 rings (SSSR count). The summed E-state index contributed by atoms with van der Waals surface area (Å²) in [6.45, 7) is 3.99. The molecule has 10 heteroatoms. The van der Waals surface area contributed by atoms with Gasteiger partial charge in [-0.15, -0.1) is 5.10 Å². The number of benzene rings is 1. The lowest BCUT2D eigenvalue weighted by Gasteiger charge is -2.41. The number of aliphatic hydroxyl groups is 1. The van der Waals surface area contributed by atoms with Gasteiger partial charge in [0.1, 0.15) is 6.61 Å². The fourth-order valence-electron chi connectivity index (χ4n) is 5.73. The fraction of sp³-hybridized carbons (Fsp3) is 0.458. The summed E-state index contributed by atoms with van der Waals surface area (Å²) < 4.78 is 6.82. The highest BCUT2D eigenvalue weighted by molar-refractivity contribution is 5.94. The molecule has 1 aromatic carbocycles. The standard InChI is InChI=1S/C24H26N6O4/c1-15-20(14-34-22(15)32)29-11-8-24(23(29)33)6-9-28(10-7-24)19(13-31)17-2-4-18-16(12-17)3-5-21-25-26-27-30(18)21/h2-5,12,19,31H,6-11,13-14H2,1H3. The molecule has 3 aliphatic rings. The van der Waals surface area contributed by atoms with Crippen LogP contribution in [0.15, 0.2) is 41.6 Å². The summed E-state index contributed by atoms with van der Waals surface area (Å²) in [4.78, 5) is 29.2. The number of cyclic esters (lactones) is 1. The van der Waals surface area contributed by atoms with Crippen LogP contribution in [0.5, 0.6) is 0 Å². The summed E-state index contributed by atoms with van der Waals surface area (Å²) in [7, 11) is 0. The molecule has 0 bridgehead atoms. The molecule has 2 fully saturated rings. The predicted molar refractivity (Wildman–Crippen MR) is 121 cm³/mol. The lowest BCUT2D eigenvalue weighted by atomic mass is 9.76. The molecule has 1 N–H and O–H groups in total. The zero-order valence-corrected chi connectivity index (χ0v) is 19.0. The SMILES string of the molecule is CC1=C(N2CCC3(CCN(C(CO)c4ccc5c(ccc6nnnn65)c4)CC3)C2=O)COC1=O. The van der Waals surface area contributed by atoms with Gasteiger partial charge < -0.3 is 14.7 Å². The molecule has 0 aliphatic carbocycles. The van der Waals surface area contributed by atoms with E-state index in [0.29, 0.717) is 17.8 Å². The number of aliphatic hydroxyl groups excluding tert-OH is 1. The van der Waals surface area contributed by atoms with E-state index in [1.54, 1.807) is 16.3 Å². The number of hydrogen-bond donors (Lipinski definition) is 1. The van der Waals surface area contributed by atoms with E-state index in [-0.39, 0.29) is 31.1 Å². The molecule has 1 unspecified atom stereocenters. The molecule has 3 aliphatic heterocycles. The zero-order valence-electron chi connectivity index (χ0n) is 19.0. The number of ether oxygens (including phenoxy) is 1. The van der Waals surface area contributed by atoms with Crippen LogP contribution in [-0.4, -0.2) is 79.7 Å². The van der Waals surface area contributed by atoms with Crippen LogP contribution in [0.3, 0.4) is 0 Å². The Labute approximate surface area is 195 Å². The van der Waals surface area contributed by atoms with E-state index in [9.17, 15) is 14.7 Å².